The summed E-state index contributed by atoms with van der Waals surface area (Å²) >= 11 is 1.17. The highest BCUT2D eigenvalue weighted by Gasteiger charge is 2.33. The van der Waals surface area contributed by atoms with Crippen molar-refractivity contribution in [1.82, 2.24) is 0 Å². The second kappa shape index (κ2) is 5.05. The van der Waals surface area contributed by atoms with Crippen LogP contribution in [0.5, 0.6) is 5.75 Å². The number of benzene rings is 2. The van der Waals surface area contributed by atoms with Gasteiger partial charge in [-0.3, -0.25) is 0 Å². The van der Waals surface area contributed by atoms with E-state index in [9.17, 15) is 13.2 Å². The summed E-state index contributed by atoms with van der Waals surface area (Å²) in [5.74, 6) is 0.109. The quantitative estimate of drug-likeness (QED) is 0.815. The van der Waals surface area contributed by atoms with Gasteiger partial charge in [0.05, 0.1) is 5.56 Å². The molecule has 0 unspecified atom stereocenters. The minimum atomic E-state index is -4.46. The summed E-state index contributed by atoms with van der Waals surface area (Å²) in [6.07, 6.45) is -4.46. The van der Waals surface area contributed by atoms with Crippen LogP contribution in [0.2, 0.25) is 0 Å². The lowest BCUT2D eigenvalue weighted by molar-refractivity contribution is -0.137. The molecule has 100 valence electrons. The Balaban J connectivity index is 2.29. The van der Waals surface area contributed by atoms with Crippen molar-refractivity contribution >= 4 is 17.4 Å². The zero-order valence-electron chi connectivity index (χ0n) is 9.61. The second-order valence-electron chi connectivity index (χ2n) is 3.84. The zero-order chi connectivity index (χ0) is 14.0. The van der Waals surface area contributed by atoms with E-state index in [2.05, 4.69) is 0 Å². The highest BCUT2D eigenvalue weighted by Crippen LogP contribution is 2.37. The molecule has 19 heavy (non-hydrogen) atoms. The lowest BCUT2D eigenvalue weighted by Gasteiger charge is -2.11. The number of hydrogen-bond donors (Lipinski definition) is 2. The lowest BCUT2D eigenvalue weighted by Crippen LogP contribution is -2.08. The summed E-state index contributed by atoms with van der Waals surface area (Å²) in [6.45, 7) is 0. The van der Waals surface area contributed by atoms with Crippen LogP contribution in [0, 0.1) is 0 Å². The molecule has 0 bridgehead atoms. The first-order valence-corrected chi connectivity index (χ1v) is 6.11. The van der Waals surface area contributed by atoms with Gasteiger partial charge in [-0.1, -0.05) is 11.8 Å². The van der Waals surface area contributed by atoms with Crippen LogP contribution in [0.3, 0.4) is 0 Å². The summed E-state index contributed by atoms with van der Waals surface area (Å²) < 4.78 is 38.1. The summed E-state index contributed by atoms with van der Waals surface area (Å²) in [5, 5.41) is 9.14. The molecule has 0 aliphatic heterocycles. The zero-order valence-corrected chi connectivity index (χ0v) is 10.4. The van der Waals surface area contributed by atoms with E-state index in [1.807, 2.05) is 0 Å². The van der Waals surface area contributed by atoms with Gasteiger partial charge in [-0.15, -0.1) is 0 Å². The van der Waals surface area contributed by atoms with Gasteiger partial charge >= 0.3 is 6.18 Å². The molecule has 0 saturated heterocycles. The maximum absolute atomic E-state index is 12.7. The largest absolute Gasteiger partial charge is 0.508 e. The topological polar surface area (TPSA) is 46.2 Å². The van der Waals surface area contributed by atoms with Crippen LogP contribution in [0.4, 0.5) is 18.9 Å². The van der Waals surface area contributed by atoms with E-state index < -0.39 is 11.7 Å². The first kappa shape index (κ1) is 13.6. The average molecular weight is 285 g/mol. The molecule has 0 spiro atoms. The number of aromatic hydroxyl groups is 1. The number of hydrogen-bond acceptors (Lipinski definition) is 3. The van der Waals surface area contributed by atoms with Crippen LogP contribution in [0.1, 0.15) is 5.56 Å². The lowest BCUT2D eigenvalue weighted by atomic mass is 10.2. The van der Waals surface area contributed by atoms with Crippen LogP contribution in [0.15, 0.2) is 52.3 Å². The van der Waals surface area contributed by atoms with Crippen molar-refractivity contribution in [1.29, 1.82) is 0 Å². The fourth-order valence-electron chi connectivity index (χ4n) is 1.49. The van der Waals surface area contributed by atoms with Gasteiger partial charge in [0.2, 0.25) is 0 Å². The molecule has 0 atom stereocenters. The molecule has 2 rings (SSSR count). The maximum atomic E-state index is 12.7. The molecule has 0 radical (unpaired) electrons. The number of rotatable bonds is 2. The molecule has 0 heterocycles. The molecule has 0 aliphatic carbocycles. The number of nitrogen functional groups attached to an aromatic ring is 1. The fourth-order valence-corrected chi connectivity index (χ4v) is 2.35. The minimum Gasteiger partial charge on any atom is -0.508 e. The molecule has 6 heteroatoms. The molecule has 2 nitrogen and oxygen atoms in total. The van der Waals surface area contributed by atoms with E-state index in [1.54, 1.807) is 12.1 Å². The molecule has 0 saturated carbocycles. The highest BCUT2D eigenvalue weighted by molar-refractivity contribution is 7.99. The Morgan fingerprint density at radius 2 is 1.53 bits per heavy atom. The van der Waals surface area contributed by atoms with Crippen LogP contribution in [0.25, 0.3) is 0 Å². The molecular weight excluding hydrogens is 275 g/mol. The molecule has 0 aliphatic rings. The Bertz CT molecular complexity index is 581. The van der Waals surface area contributed by atoms with Crippen LogP contribution < -0.4 is 5.73 Å². The molecule has 2 aromatic rings. The Labute approximate surface area is 112 Å². The molecule has 0 aromatic heterocycles. The third kappa shape index (κ3) is 3.35. The maximum Gasteiger partial charge on any atom is 0.418 e. The number of alkyl halides is 3. The van der Waals surface area contributed by atoms with E-state index in [1.165, 1.54) is 36.0 Å². The fraction of sp³-hybridized carbons (Fsp3) is 0.0769. The van der Waals surface area contributed by atoms with Crippen molar-refractivity contribution in [3.63, 3.8) is 0 Å². The molecular formula is C13H10F3NOS. The summed E-state index contributed by atoms with van der Waals surface area (Å²) in [5.41, 5.74) is 4.20. The van der Waals surface area contributed by atoms with Gasteiger partial charge in [0.1, 0.15) is 5.75 Å². The van der Waals surface area contributed by atoms with Gasteiger partial charge in [-0.25, -0.2) is 0 Å². The third-order valence-corrected chi connectivity index (χ3v) is 3.40. The van der Waals surface area contributed by atoms with E-state index in [0.717, 1.165) is 11.0 Å². The first-order chi connectivity index (χ1) is 8.86. The van der Waals surface area contributed by atoms with Gasteiger partial charge in [-0.2, -0.15) is 13.2 Å². The number of phenolic OH excluding ortho intramolecular Hbond substituents is 1. The SMILES string of the molecule is Nc1ccc(Sc2ccc(O)cc2)cc1C(F)(F)F. The van der Waals surface area contributed by atoms with Crippen LogP contribution in [-0.2, 0) is 6.18 Å². The number of anilines is 1. The smallest absolute Gasteiger partial charge is 0.418 e. The van der Waals surface area contributed by atoms with Gasteiger partial charge < -0.3 is 10.8 Å². The Hall–Kier alpha value is -1.82. The van der Waals surface area contributed by atoms with Gasteiger partial charge in [0.15, 0.2) is 0 Å². The number of phenols is 1. The standard InChI is InChI=1S/C13H10F3NOS/c14-13(15,16)11-7-10(5-6-12(11)17)19-9-3-1-8(18)2-4-9/h1-7,18H,17H2. The normalized spacial score (nSPS) is 11.5. The predicted molar refractivity (Wildman–Crippen MR) is 68.1 cm³/mol. The average Bonchev–Trinajstić information content (AvgIpc) is 2.33. The minimum absolute atomic E-state index is 0.109. The van der Waals surface area contributed by atoms with Crippen molar-refractivity contribution in [3.05, 3.63) is 48.0 Å². The van der Waals surface area contributed by atoms with E-state index in [4.69, 9.17) is 10.8 Å². The summed E-state index contributed by atoms with van der Waals surface area (Å²) in [7, 11) is 0. The molecule has 2 aromatic carbocycles. The van der Waals surface area contributed by atoms with E-state index in [0.29, 0.717) is 4.90 Å². The predicted octanol–water partition coefficient (Wildman–Crippen LogP) is 4.14. The van der Waals surface area contributed by atoms with Crippen molar-refractivity contribution in [2.24, 2.45) is 0 Å². The number of nitrogens with two attached hydrogens (primary N) is 1. The highest BCUT2D eigenvalue weighted by atomic mass is 32.2. The Morgan fingerprint density at radius 1 is 0.947 bits per heavy atom. The Kier molecular flexibility index (Phi) is 3.61. The van der Waals surface area contributed by atoms with Gasteiger partial charge in [0, 0.05) is 15.5 Å². The Morgan fingerprint density at radius 3 is 2.11 bits per heavy atom. The summed E-state index contributed by atoms with van der Waals surface area (Å²) in [6, 6.07) is 10.0. The van der Waals surface area contributed by atoms with Gasteiger partial charge in [0.25, 0.3) is 0 Å². The number of halogens is 3. The van der Waals surface area contributed by atoms with Crippen molar-refractivity contribution in [2.45, 2.75) is 16.0 Å². The van der Waals surface area contributed by atoms with Crippen molar-refractivity contribution < 1.29 is 18.3 Å². The van der Waals surface area contributed by atoms with E-state index >= 15 is 0 Å². The van der Waals surface area contributed by atoms with Crippen LogP contribution in [-0.4, -0.2) is 5.11 Å². The second-order valence-corrected chi connectivity index (χ2v) is 4.99. The molecule has 0 fully saturated rings. The van der Waals surface area contributed by atoms with Crippen molar-refractivity contribution in [3.8, 4) is 5.75 Å². The van der Waals surface area contributed by atoms with Gasteiger partial charge in [-0.05, 0) is 42.5 Å². The molecule has 0 amide bonds. The third-order valence-electron chi connectivity index (χ3n) is 2.40. The van der Waals surface area contributed by atoms with E-state index in [-0.39, 0.29) is 11.4 Å². The van der Waals surface area contributed by atoms with Crippen molar-refractivity contribution in [2.75, 3.05) is 5.73 Å². The van der Waals surface area contributed by atoms with Crippen LogP contribution >= 0.6 is 11.8 Å². The molecule has 3 N–H and O–H groups in total. The first-order valence-electron chi connectivity index (χ1n) is 5.30. The monoisotopic (exact) mass is 285 g/mol. The summed E-state index contributed by atoms with van der Waals surface area (Å²) in [4.78, 5) is 1.17.